The molecule has 11 aromatic rings. The molecule has 0 fully saturated rings. The number of rotatable bonds is 4. The van der Waals surface area contributed by atoms with Gasteiger partial charge in [-0.3, -0.25) is 0 Å². The molecule has 0 amide bonds. The molecule has 9 aromatic carbocycles. The van der Waals surface area contributed by atoms with Crippen LogP contribution in [-0.4, -0.2) is 9.97 Å². The summed E-state index contributed by atoms with van der Waals surface area (Å²) in [7, 11) is 0. The molecule has 0 saturated heterocycles. The van der Waals surface area contributed by atoms with Gasteiger partial charge < -0.3 is 4.42 Å². The van der Waals surface area contributed by atoms with Crippen molar-refractivity contribution in [3.8, 4) is 78.4 Å². The second-order valence-electron chi connectivity index (χ2n) is 16.4. The monoisotopic (exact) mass is 788 g/mol. The smallest absolute Gasteiger partial charge is 0.160 e. The molecule has 2 heterocycles. The van der Waals surface area contributed by atoms with Gasteiger partial charge in [0.15, 0.2) is 5.82 Å². The standard InChI is InChI=1S/C59H36N2O/c1-2-16-37(17-3-1)38-18-14-19-39(34-38)53-36-54(47-26-15-31-56-57(47)48-25-9-13-30-55(48)62-56)61-58(60-53)40-32-33-46-45-24-8-12-29-51(45)59(52(46)35-40)49-27-10-6-22-43(49)41-20-4-5-21-42(41)44-23-7-11-28-50(44)59/h1-36H. The average Bonchev–Trinajstić information content (AvgIpc) is 3.84. The Balaban J connectivity index is 1.09. The maximum absolute atomic E-state index is 6.40. The van der Waals surface area contributed by atoms with Crippen LogP contribution in [0.15, 0.2) is 223 Å². The molecule has 288 valence electrons. The molecule has 0 unspecified atom stereocenters. The summed E-state index contributed by atoms with van der Waals surface area (Å²) < 4.78 is 6.40. The van der Waals surface area contributed by atoms with E-state index < -0.39 is 5.41 Å². The van der Waals surface area contributed by atoms with Gasteiger partial charge in [0.1, 0.15) is 11.2 Å². The lowest BCUT2D eigenvalue weighted by molar-refractivity contribution is 0.669. The van der Waals surface area contributed by atoms with E-state index in [1.165, 1.54) is 55.6 Å². The lowest BCUT2D eigenvalue weighted by atomic mass is 9.66. The molecular formula is C59H36N2O. The first-order chi connectivity index (χ1) is 30.7. The van der Waals surface area contributed by atoms with Gasteiger partial charge in [0.25, 0.3) is 0 Å². The molecule has 2 aliphatic carbocycles. The molecule has 3 heteroatoms. The van der Waals surface area contributed by atoms with E-state index in [0.717, 1.165) is 61.1 Å². The number of para-hydroxylation sites is 1. The molecule has 0 saturated carbocycles. The Bertz CT molecular complexity index is 3530. The van der Waals surface area contributed by atoms with Crippen molar-refractivity contribution in [3.63, 3.8) is 0 Å². The second kappa shape index (κ2) is 13.4. The Hall–Kier alpha value is -8.14. The molecule has 0 atom stereocenters. The molecule has 2 aromatic heterocycles. The number of fused-ring (bicyclic) bond motifs is 15. The maximum atomic E-state index is 6.40. The van der Waals surface area contributed by atoms with E-state index >= 15 is 0 Å². The van der Waals surface area contributed by atoms with Crippen molar-refractivity contribution >= 4 is 21.9 Å². The van der Waals surface area contributed by atoms with Crippen LogP contribution in [0.5, 0.6) is 0 Å². The number of benzene rings is 9. The summed E-state index contributed by atoms with van der Waals surface area (Å²) in [5.41, 5.74) is 20.6. The van der Waals surface area contributed by atoms with Gasteiger partial charge in [-0.25, -0.2) is 9.97 Å². The summed E-state index contributed by atoms with van der Waals surface area (Å²) in [5.74, 6) is 0.666. The first-order valence-electron chi connectivity index (χ1n) is 21.2. The van der Waals surface area contributed by atoms with E-state index in [9.17, 15) is 0 Å². The minimum atomic E-state index is -0.611. The molecular weight excluding hydrogens is 753 g/mol. The van der Waals surface area contributed by atoms with Gasteiger partial charge in [-0.2, -0.15) is 0 Å². The number of aromatic nitrogens is 2. The van der Waals surface area contributed by atoms with Crippen molar-refractivity contribution in [3.05, 3.63) is 241 Å². The summed E-state index contributed by atoms with van der Waals surface area (Å²) in [5, 5.41) is 2.11. The molecule has 3 nitrogen and oxygen atoms in total. The zero-order valence-corrected chi connectivity index (χ0v) is 33.6. The summed E-state index contributed by atoms with van der Waals surface area (Å²) in [6.07, 6.45) is 0. The fourth-order valence-corrected chi connectivity index (χ4v) is 10.5. The predicted octanol–water partition coefficient (Wildman–Crippen LogP) is 15.1. The van der Waals surface area contributed by atoms with Crippen LogP contribution in [-0.2, 0) is 5.41 Å². The topological polar surface area (TPSA) is 38.9 Å². The summed E-state index contributed by atoms with van der Waals surface area (Å²) in [6, 6.07) is 78.7. The van der Waals surface area contributed by atoms with E-state index in [1.54, 1.807) is 0 Å². The van der Waals surface area contributed by atoms with E-state index in [0.29, 0.717) is 5.82 Å². The molecule has 0 N–H and O–H groups in total. The minimum absolute atomic E-state index is 0.611. The van der Waals surface area contributed by atoms with Crippen LogP contribution in [0.1, 0.15) is 22.3 Å². The van der Waals surface area contributed by atoms with Gasteiger partial charge in [-0.15, -0.1) is 0 Å². The van der Waals surface area contributed by atoms with Crippen molar-refractivity contribution < 1.29 is 4.42 Å². The van der Waals surface area contributed by atoms with Gasteiger partial charge in [-0.05, 0) is 97.1 Å². The third-order valence-electron chi connectivity index (χ3n) is 13.1. The minimum Gasteiger partial charge on any atom is -0.456 e. The zero-order valence-electron chi connectivity index (χ0n) is 33.6. The van der Waals surface area contributed by atoms with Crippen LogP contribution in [0.25, 0.3) is 100 Å². The lowest BCUT2D eigenvalue weighted by Gasteiger charge is -2.35. The van der Waals surface area contributed by atoms with Crippen molar-refractivity contribution in [2.75, 3.05) is 0 Å². The normalized spacial score (nSPS) is 13.0. The molecule has 1 spiro atoms. The number of hydrogen-bond donors (Lipinski definition) is 0. The second-order valence-corrected chi connectivity index (χ2v) is 16.4. The fourth-order valence-electron chi connectivity index (χ4n) is 10.5. The summed E-state index contributed by atoms with van der Waals surface area (Å²) >= 11 is 0. The van der Waals surface area contributed by atoms with Crippen molar-refractivity contribution in [1.82, 2.24) is 9.97 Å². The van der Waals surface area contributed by atoms with E-state index in [2.05, 4.69) is 200 Å². The fraction of sp³-hybridized carbons (Fsp3) is 0.0169. The van der Waals surface area contributed by atoms with Gasteiger partial charge >= 0.3 is 0 Å². The number of hydrogen-bond acceptors (Lipinski definition) is 3. The molecule has 0 aliphatic heterocycles. The van der Waals surface area contributed by atoms with Crippen LogP contribution in [0.3, 0.4) is 0 Å². The summed E-state index contributed by atoms with van der Waals surface area (Å²) in [6.45, 7) is 0. The Kier molecular flexibility index (Phi) is 7.52. The Morgan fingerprint density at radius 2 is 0.823 bits per heavy atom. The van der Waals surface area contributed by atoms with Gasteiger partial charge in [0, 0.05) is 27.5 Å². The predicted molar refractivity (Wildman–Crippen MR) is 253 cm³/mol. The van der Waals surface area contributed by atoms with Crippen LogP contribution < -0.4 is 0 Å². The largest absolute Gasteiger partial charge is 0.456 e. The Morgan fingerprint density at radius 1 is 0.306 bits per heavy atom. The van der Waals surface area contributed by atoms with Crippen molar-refractivity contribution in [2.45, 2.75) is 5.41 Å². The SMILES string of the molecule is c1ccc(-c2cccc(-c3cc(-c4cccc5oc6ccccc6c45)nc(-c4ccc5c(c4)C4(c6ccccc6-c6ccccc6-c6ccccc64)c4ccccc4-5)n3)c2)cc1. The Morgan fingerprint density at radius 3 is 1.55 bits per heavy atom. The van der Waals surface area contributed by atoms with Gasteiger partial charge in [-0.1, -0.05) is 188 Å². The van der Waals surface area contributed by atoms with E-state index in [1.807, 2.05) is 18.2 Å². The number of furan rings is 1. The molecule has 13 rings (SSSR count). The van der Waals surface area contributed by atoms with Gasteiger partial charge in [0.2, 0.25) is 0 Å². The van der Waals surface area contributed by atoms with E-state index in [4.69, 9.17) is 14.4 Å². The highest BCUT2D eigenvalue weighted by molar-refractivity contribution is 6.12. The third kappa shape index (κ3) is 5.00. The molecule has 62 heavy (non-hydrogen) atoms. The zero-order chi connectivity index (χ0) is 40.8. The van der Waals surface area contributed by atoms with Crippen molar-refractivity contribution in [2.24, 2.45) is 0 Å². The third-order valence-corrected chi connectivity index (χ3v) is 13.1. The van der Waals surface area contributed by atoms with Crippen molar-refractivity contribution in [1.29, 1.82) is 0 Å². The highest BCUT2D eigenvalue weighted by Crippen LogP contribution is 2.61. The maximum Gasteiger partial charge on any atom is 0.160 e. The highest BCUT2D eigenvalue weighted by atomic mass is 16.3. The Labute approximate surface area is 359 Å². The number of nitrogens with zero attached hydrogens (tertiary/aromatic N) is 2. The molecule has 2 aliphatic rings. The van der Waals surface area contributed by atoms with Gasteiger partial charge in [0.05, 0.1) is 16.8 Å². The van der Waals surface area contributed by atoms with Crippen LogP contribution in [0.4, 0.5) is 0 Å². The van der Waals surface area contributed by atoms with Crippen LogP contribution in [0, 0.1) is 0 Å². The molecule has 0 bridgehead atoms. The van der Waals surface area contributed by atoms with E-state index in [-0.39, 0.29) is 0 Å². The first-order valence-corrected chi connectivity index (χ1v) is 21.2. The highest BCUT2D eigenvalue weighted by Gasteiger charge is 2.49. The quantitative estimate of drug-likeness (QED) is 0.178. The first kappa shape index (κ1) is 34.7. The lowest BCUT2D eigenvalue weighted by Crippen LogP contribution is -2.29. The van der Waals surface area contributed by atoms with Crippen LogP contribution in [0.2, 0.25) is 0 Å². The molecule has 0 radical (unpaired) electrons. The summed E-state index contributed by atoms with van der Waals surface area (Å²) in [4.78, 5) is 11.0. The van der Waals surface area contributed by atoms with Crippen LogP contribution >= 0.6 is 0 Å². The average molecular weight is 789 g/mol.